The molecule has 0 aliphatic rings. The number of aliphatic hydroxyl groups is 1. The second kappa shape index (κ2) is 8.26. The van der Waals surface area contributed by atoms with E-state index in [1.807, 2.05) is 0 Å². The normalized spacial score (nSPS) is 11.2. The molecule has 0 aromatic heterocycles. The number of rotatable bonds is 5. The van der Waals surface area contributed by atoms with Crippen molar-refractivity contribution < 1.29 is 49.4 Å². The molecule has 6 heteroatoms. The van der Waals surface area contributed by atoms with Gasteiger partial charge in [-0.1, -0.05) is 12.1 Å². The molecule has 0 saturated carbocycles. The van der Waals surface area contributed by atoms with E-state index in [1.165, 1.54) is 6.92 Å². The summed E-state index contributed by atoms with van der Waals surface area (Å²) >= 11 is 0. The molecule has 0 aliphatic heterocycles. The molecule has 5 nitrogen and oxygen atoms in total. The van der Waals surface area contributed by atoms with Gasteiger partial charge in [0.15, 0.2) is 0 Å². The van der Waals surface area contributed by atoms with Crippen molar-refractivity contribution in [1.82, 2.24) is 0 Å². The van der Waals surface area contributed by atoms with Crippen molar-refractivity contribution in [2.24, 2.45) is 0 Å². The van der Waals surface area contributed by atoms with Crippen LogP contribution in [0, 0.1) is 0 Å². The van der Waals surface area contributed by atoms with Crippen molar-refractivity contribution in [2.75, 3.05) is 5.32 Å². The van der Waals surface area contributed by atoms with Gasteiger partial charge in [-0.2, -0.15) is 0 Å². The Morgan fingerprint density at radius 1 is 1.33 bits per heavy atom. The first-order chi connectivity index (χ1) is 7.99. The molecule has 1 aromatic rings. The Labute approximate surface area is 127 Å². The van der Waals surface area contributed by atoms with Crippen LogP contribution in [0.4, 0.5) is 5.69 Å². The number of anilines is 1. The fourth-order valence-electron chi connectivity index (χ4n) is 1.41. The van der Waals surface area contributed by atoms with Crippen molar-refractivity contribution in [3.63, 3.8) is 0 Å². The number of carboxylic acids is 1. The average Bonchev–Trinajstić information content (AvgIpc) is 2.26. The third kappa shape index (κ3) is 6.16. The van der Waals surface area contributed by atoms with Gasteiger partial charge in [-0.3, -0.25) is 4.79 Å². The minimum atomic E-state index is -1.18. The first-order valence-corrected chi connectivity index (χ1v) is 5.24. The average molecular weight is 259 g/mol. The van der Waals surface area contributed by atoms with Gasteiger partial charge in [-0.15, -0.1) is 0 Å². The summed E-state index contributed by atoms with van der Waals surface area (Å²) in [6.07, 6.45) is -0.907. The number of hydrogen-bond donors (Lipinski definition) is 2. The third-order valence-corrected chi connectivity index (χ3v) is 2.24. The maximum atomic E-state index is 10.8. The molecule has 1 amide bonds. The SMILES string of the molecule is CC(=O)Nc1ccc(C(O)CCC(=O)[O-])cc1.[Na+]. The summed E-state index contributed by atoms with van der Waals surface area (Å²) in [5.74, 6) is -1.35. The Bertz CT molecular complexity index is 405. The van der Waals surface area contributed by atoms with Gasteiger partial charge in [0, 0.05) is 18.6 Å². The zero-order chi connectivity index (χ0) is 12.8. The van der Waals surface area contributed by atoms with Gasteiger partial charge in [0.25, 0.3) is 0 Å². The zero-order valence-corrected chi connectivity index (χ0v) is 12.5. The van der Waals surface area contributed by atoms with E-state index in [2.05, 4.69) is 5.32 Å². The van der Waals surface area contributed by atoms with E-state index < -0.39 is 12.1 Å². The van der Waals surface area contributed by atoms with Crippen LogP contribution in [0.15, 0.2) is 24.3 Å². The Hall–Kier alpha value is -0.880. The molecule has 1 unspecified atom stereocenters. The summed E-state index contributed by atoms with van der Waals surface area (Å²) in [5, 5.41) is 22.5. The Morgan fingerprint density at radius 3 is 2.33 bits per heavy atom. The van der Waals surface area contributed by atoms with Gasteiger partial charge in [-0.25, -0.2) is 0 Å². The van der Waals surface area contributed by atoms with E-state index in [0.29, 0.717) is 11.3 Å². The molecule has 1 atom stereocenters. The summed E-state index contributed by atoms with van der Waals surface area (Å²) in [6, 6.07) is 6.59. The first kappa shape index (κ1) is 17.1. The maximum absolute atomic E-state index is 10.8. The molecule has 92 valence electrons. The Kier molecular flexibility index (Phi) is 7.86. The molecule has 2 N–H and O–H groups in total. The molecule has 0 spiro atoms. The molecule has 0 radical (unpaired) electrons. The smallest absolute Gasteiger partial charge is 0.550 e. The van der Waals surface area contributed by atoms with Gasteiger partial charge in [0.1, 0.15) is 0 Å². The summed E-state index contributed by atoms with van der Waals surface area (Å²) in [6.45, 7) is 1.41. The maximum Gasteiger partial charge on any atom is 1.00 e. The molecule has 0 fully saturated rings. The predicted molar refractivity (Wildman–Crippen MR) is 59.9 cm³/mol. The van der Waals surface area contributed by atoms with Crippen molar-refractivity contribution in [3.05, 3.63) is 29.8 Å². The molecule has 0 saturated heterocycles. The number of carbonyl (C=O) groups is 2. The van der Waals surface area contributed by atoms with E-state index in [0.717, 1.165) is 0 Å². The summed E-state index contributed by atoms with van der Waals surface area (Å²) in [5.41, 5.74) is 1.24. The van der Waals surface area contributed by atoms with Crippen molar-refractivity contribution >= 4 is 17.6 Å². The number of nitrogens with one attached hydrogen (secondary N) is 1. The van der Waals surface area contributed by atoms with Gasteiger partial charge in [0.2, 0.25) is 5.91 Å². The van der Waals surface area contributed by atoms with Crippen LogP contribution in [0.25, 0.3) is 0 Å². The molecule has 1 aromatic carbocycles. The molecule has 18 heavy (non-hydrogen) atoms. The molecular formula is C12H14NNaO4. The number of carbonyl (C=O) groups excluding carboxylic acids is 2. The Morgan fingerprint density at radius 2 is 1.89 bits per heavy atom. The minimum absolute atomic E-state index is 0. The van der Waals surface area contributed by atoms with Crippen LogP contribution in [0.3, 0.4) is 0 Å². The van der Waals surface area contributed by atoms with E-state index in [1.54, 1.807) is 24.3 Å². The van der Waals surface area contributed by atoms with Crippen molar-refractivity contribution in [1.29, 1.82) is 0 Å². The van der Waals surface area contributed by atoms with Gasteiger partial charge in [-0.05, 0) is 30.5 Å². The quantitative estimate of drug-likeness (QED) is 0.559. The van der Waals surface area contributed by atoms with Gasteiger partial charge in [0.05, 0.1) is 6.10 Å². The fourth-order valence-corrected chi connectivity index (χ4v) is 1.41. The van der Waals surface area contributed by atoms with Crippen molar-refractivity contribution in [3.8, 4) is 0 Å². The van der Waals surface area contributed by atoms with Gasteiger partial charge >= 0.3 is 29.6 Å². The molecule has 0 heterocycles. The standard InChI is InChI=1S/C12H15NO4.Na/c1-8(14)13-10-4-2-9(3-5-10)11(15)6-7-12(16)17;/h2-5,11,15H,6-7H2,1H3,(H,13,14)(H,16,17);/q;+1/p-1. The van der Waals surface area contributed by atoms with Crippen LogP contribution in [-0.4, -0.2) is 17.0 Å². The monoisotopic (exact) mass is 259 g/mol. The number of amides is 1. The number of hydrogen-bond acceptors (Lipinski definition) is 4. The van der Waals surface area contributed by atoms with Crippen LogP contribution >= 0.6 is 0 Å². The second-order valence-electron chi connectivity index (χ2n) is 3.73. The third-order valence-electron chi connectivity index (χ3n) is 2.24. The first-order valence-electron chi connectivity index (χ1n) is 5.24. The van der Waals surface area contributed by atoms with Crippen LogP contribution in [0.2, 0.25) is 0 Å². The van der Waals surface area contributed by atoms with Crippen LogP contribution < -0.4 is 40.0 Å². The van der Waals surface area contributed by atoms with Crippen molar-refractivity contribution in [2.45, 2.75) is 25.9 Å². The van der Waals surface area contributed by atoms with E-state index in [9.17, 15) is 19.8 Å². The largest absolute Gasteiger partial charge is 1.00 e. The number of aliphatic hydroxyl groups excluding tert-OH is 1. The van der Waals surface area contributed by atoms with E-state index >= 15 is 0 Å². The Balaban J connectivity index is 0.00000289. The fraction of sp³-hybridized carbons (Fsp3) is 0.333. The molecule has 0 bridgehead atoms. The number of aliphatic carboxylic acids is 1. The number of carboxylic acid groups (broad SMARTS) is 1. The molecule has 0 aliphatic carbocycles. The molecule has 1 rings (SSSR count). The topological polar surface area (TPSA) is 89.5 Å². The number of benzene rings is 1. The van der Waals surface area contributed by atoms with Gasteiger partial charge < -0.3 is 20.3 Å². The van der Waals surface area contributed by atoms with Crippen LogP contribution in [0.5, 0.6) is 0 Å². The minimum Gasteiger partial charge on any atom is -0.550 e. The zero-order valence-electron chi connectivity index (χ0n) is 10.5. The second-order valence-corrected chi connectivity index (χ2v) is 3.73. The predicted octanol–water partition coefficient (Wildman–Crippen LogP) is -2.79. The van der Waals surface area contributed by atoms with Crippen LogP contribution in [0.1, 0.15) is 31.4 Å². The summed E-state index contributed by atoms with van der Waals surface area (Å²) in [4.78, 5) is 21.0. The summed E-state index contributed by atoms with van der Waals surface area (Å²) in [7, 11) is 0. The van der Waals surface area contributed by atoms with Crippen LogP contribution in [-0.2, 0) is 9.59 Å². The van der Waals surface area contributed by atoms with E-state index in [-0.39, 0.29) is 48.3 Å². The summed E-state index contributed by atoms with van der Waals surface area (Å²) < 4.78 is 0. The van der Waals surface area contributed by atoms with E-state index in [4.69, 9.17) is 0 Å². The molecular weight excluding hydrogens is 245 g/mol.